The van der Waals surface area contributed by atoms with Gasteiger partial charge in [-0.05, 0) is 18.6 Å². The van der Waals surface area contributed by atoms with Gasteiger partial charge in [0.05, 0.1) is 11.5 Å². The number of esters is 1. The fourth-order valence-electron chi connectivity index (χ4n) is 1.42. The summed E-state index contributed by atoms with van der Waals surface area (Å²) in [4.78, 5) is 33.1. The molecule has 1 aromatic rings. The van der Waals surface area contributed by atoms with E-state index in [0.717, 1.165) is 0 Å². The van der Waals surface area contributed by atoms with Gasteiger partial charge in [-0.25, -0.2) is 4.79 Å². The number of nitro groups is 1. The molecule has 0 unspecified atom stereocenters. The van der Waals surface area contributed by atoms with Crippen LogP contribution in [0.2, 0.25) is 0 Å². The minimum Gasteiger partial charge on any atom is -0.460 e. The van der Waals surface area contributed by atoms with Gasteiger partial charge in [0.25, 0.3) is 5.69 Å². The molecule has 7 heteroatoms. The van der Waals surface area contributed by atoms with Gasteiger partial charge in [0.2, 0.25) is 0 Å². The number of aliphatic hydroxyl groups excluding tert-OH is 1. The number of hydrogen-bond acceptors (Lipinski definition) is 6. The lowest BCUT2D eigenvalue weighted by Crippen LogP contribution is -2.15. The van der Waals surface area contributed by atoms with Gasteiger partial charge in [0, 0.05) is 12.1 Å². The third kappa shape index (κ3) is 4.29. The van der Waals surface area contributed by atoms with Crippen LogP contribution in [0, 0.1) is 10.1 Å². The van der Waals surface area contributed by atoms with Gasteiger partial charge in [-0.2, -0.15) is 0 Å². The number of carbonyl (C=O) groups excluding carboxylic acids is 2. The molecule has 0 heterocycles. The van der Waals surface area contributed by atoms with Crippen LogP contribution in [0.5, 0.6) is 0 Å². The average Bonchev–Trinajstić information content (AvgIpc) is 2.42. The predicted molar refractivity (Wildman–Crippen MR) is 69.8 cm³/mol. The number of nitrogens with zero attached hydrogens (tertiary/aromatic N) is 1. The minimum absolute atomic E-state index is 0.148. The Morgan fingerprint density at radius 3 is 2.70 bits per heavy atom. The Labute approximate surface area is 114 Å². The van der Waals surface area contributed by atoms with Gasteiger partial charge in [-0.15, -0.1) is 0 Å². The van der Waals surface area contributed by atoms with Gasteiger partial charge < -0.3 is 9.84 Å². The Hall–Kier alpha value is -2.54. The van der Waals surface area contributed by atoms with E-state index in [-0.39, 0.29) is 24.5 Å². The van der Waals surface area contributed by atoms with Crippen LogP contribution in [0.4, 0.5) is 5.69 Å². The molecule has 0 saturated heterocycles. The molecule has 0 saturated carbocycles. The molecule has 0 bridgehead atoms. The Morgan fingerprint density at radius 2 is 2.15 bits per heavy atom. The zero-order valence-corrected chi connectivity index (χ0v) is 10.7. The first-order valence-corrected chi connectivity index (χ1v) is 5.70. The van der Waals surface area contributed by atoms with E-state index in [4.69, 9.17) is 5.11 Å². The van der Waals surface area contributed by atoms with Crippen LogP contribution >= 0.6 is 0 Å². The van der Waals surface area contributed by atoms with Gasteiger partial charge in [-0.1, -0.05) is 12.1 Å². The summed E-state index contributed by atoms with van der Waals surface area (Å²) in [6.45, 7) is 0.607. The van der Waals surface area contributed by atoms with Crippen LogP contribution < -0.4 is 0 Å². The molecule has 20 heavy (non-hydrogen) atoms. The first-order valence-electron chi connectivity index (χ1n) is 5.70. The molecule has 0 aliphatic carbocycles. The zero-order valence-electron chi connectivity index (χ0n) is 10.7. The number of Topliss-reactive ketones (excluding diaryl/α,β-unsaturated/α-hetero) is 1. The topological polar surface area (TPSA) is 107 Å². The molecule has 0 aliphatic heterocycles. The van der Waals surface area contributed by atoms with Gasteiger partial charge in [0.15, 0.2) is 5.78 Å². The summed E-state index contributed by atoms with van der Waals surface area (Å²) < 4.78 is 4.65. The molecule has 0 fully saturated rings. The van der Waals surface area contributed by atoms with Crippen LogP contribution in [0.1, 0.15) is 12.5 Å². The number of aliphatic hydroxyl groups is 1. The van der Waals surface area contributed by atoms with Crippen molar-refractivity contribution in [3.8, 4) is 0 Å². The maximum Gasteiger partial charge on any atom is 0.341 e. The fourth-order valence-corrected chi connectivity index (χ4v) is 1.42. The van der Waals surface area contributed by atoms with Gasteiger partial charge in [-0.3, -0.25) is 14.9 Å². The number of carbonyl (C=O) groups is 2. The molecule has 7 nitrogen and oxygen atoms in total. The molecule has 0 atom stereocenters. The molecule has 1 N–H and O–H groups in total. The van der Waals surface area contributed by atoms with Crippen LogP contribution in [0.25, 0.3) is 6.08 Å². The summed E-state index contributed by atoms with van der Waals surface area (Å²) in [5, 5.41) is 19.2. The maximum absolute atomic E-state index is 11.6. The standard InChI is InChI=1S/C13H13NO6/c1-9(16)12(13(17)20-6-5-15)8-10-3-2-4-11(7-10)14(18)19/h2-4,7-8,15H,5-6H2,1H3/b12-8-. The fraction of sp³-hybridized carbons (Fsp3) is 0.231. The van der Waals surface area contributed by atoms with Crippen molar-refractivity contribution >= 4 is 23.5 Å². The van der Waals surface area contributed by atoms with Crippen molar-refractivity contribution in [3.05, 3.63) is 45.5 Å². The van der Waals surface area contributed by atoms with E-state index in [1.54, 1.807) is 0 Å². The van der Waals surface area contributed by atoms with E-state index < -0.39 is 16.7 Å². The lowest BCUT2D eigenvalue weighted by atomic mass is 10.1. The van der Waals surface area contributed by atoms with Crippen molar-refractivity contribution in [2.75, 3.05) is 13.2 Å². The highest BCUT2D eigenvalue weighted by molar-refractivity contribution is 6.19. The van der Waals surface area contributed by atoms with Crippen molar-refractivity contribution in [3.63, 3.8) is 0 Å². The first-order chi connectivity index (χ1) is 9.45. The highest BCUT2D eigenvalue weighted by atomic mass is 16.6. The van der Waals surface area contributed by atoms with E-state index in [9.17, 15) is 19.7 Å². The van der Waals surface area contributed by atoms with Crippen molar-refractivity contribution in [2.45, 2.75) is 6.92 Å². The van der Waals surface area contributed by atoms with Crippen molar-refractivity contribution in [1.82, 2.24) is 0 Å². The summed E-state index contributed by atoms with van der Waals surface area (Å²) in [5.74, 6) is -1.41. The van der Waals surface area contributed by atoms with Crippen molar-refractivity contribution in [2.24, 2.45) is 0 Å². The Kier molecular flexibility index (Phi) is 5.55. The molecule has 0 aromatic heterocycles. The maximum atomic E-state index is 11.6. The van der Waals surface area contributed by atoms with Crippen LogP contribution in [0.3, 0.4) is 0 Å². The van der Waals surface area contributed by atoms with Crippen LogP contribution in [-0.4, -0.2) is 35.0 Å². The second-order valence-electron chi connectivity index (χ2n) is 3.83. The quantitative estimate of drug-likeness (QED) is 0.209. The number of rotatable bonds is 6. The molecule has 106 valence electrons. The van der Waals surface area contributed by atoms with E-state index >= 15 is 0 Å². The highest BCUT2D eigenvalue weighted by Crippen LogP contribution is 2.16. The molecular formula is C13H13NO6. The summed E-state index contributed by atoms with van der Waals surface area (Å²) >= 11 is 0. The molecule has 0 radical (unpaired) electrons. The first kappa shape index (κ1) is 15.5. The second kappa shape index (κ2) is 7.15. The molecule has 0 aliphatic rings. The number of non-ortho nitro benzene ring substituents is 1. The highest BCUT2D eigenvalue weighted by Gasteiger charge is 2.16. The predicted octanol–water partition coefficient (Wildman–Crippen LogP) is 1.10. The van der Waals surface area contributed by atoms with E-state index in [2.05, 4.69) is 4.74 Å². The third-order valence-corrected chi connectivity index (χ3v) is 2.32. The van der Waals surface area contributed by atoms with Gasteiger partial charge >= 0.3 is 5.97 Å². The minimum atomic E-state index is -0.877. The summed E-state index contributed by atoms with van der Waals surface area (Å²) in [6, 6.07) is 5.51. The average molecular weight is 279 g/mol. The van der Waals surface area contributed by atoms with E-state index in [0.29, 0.717) is 5.56 Å². The third-order valence-electron chi connectivity index (χ3n) is 2.32. The van der Waals surface area contributed by atoms with Crippen LogP contribution in [-0.2, 0) is 14.3 Å². The van der Waals surface area contributed by atoms with Crippen molar-refractivity contribution < 1.29 is 24.4 Å². The van der Waals surface area contributed by atoms with Crippen molar-refractivity contribution in [1.29, 1.82) is 0 Å². The van der Waals surface area contributed by atoms with E-state index in [1.807, 2.05) is 0 Å². The largest absolute Gasteiger partial charge is 0.460 e. The van der Waals surface area contributed by atoms with Gasteiger partial charge in [0.1, 0.15) is 12.2 Å². The number of nitro benzene ring substituents is 1. The van der Waals surface area contributed by atoms with Crippen LogP contribution in [0.15, 0.2) is 29.8 Å². The normalized spacial score (nSPS) is 11.0. The summed E-state index contributed by atoms with van der Waals surface area (Å²) in [5.41, 5.74) is -0.0466. The molecule has 1 rings (SSSR count). The number of ether oxygens (including phenoxy) is 1. The monoisotopic (exact) mass is 279 g/mol. The lowest BCUT2D eigenvalue weighted by Gasteiger charge is -2.04. The zero-order chi connectivity index (χ0) is 15.1. The number of ketones is 1. The Morgan fingerprint density at radius 1 is 1.45 bits per heavy atom. The van der Waals surface area contributed by atoms with E-state index in [1.165, 1.54) is 37.3 Å². The Bertz CT molecular complexity index is 564. The molecule has 0 amide bonds. The second-order valence-corrected chi connectivity index (χ2v) is 3.83. The number of hydrogen-bond donors (Lipinski definition) is 1. The lowest BCUT2D eigenvalue weighted by molar-refractivity contribution is -0.384. The summed E-state index contributed by atoms with van der Waals surface area (Å²) in [6.07, 6.45) is 1.22. The smallest absolute Gasteiger partial charge is 0.341 e. The molecule has 1 aromatic carbocycles. The molecular weight excluding hydrogens is 266 g/mol. The SMILES string of the molecule is CC(=O)/C(=C/c1cccc([N+](=O)[O-])c1)C(=O)OCCO. The Balaban J connectivity index is 3.08. The molecule has 0 spiro atoms. The number of benzene rings is 1. The summed E-state index contributed by atoms with van der Waals surface area (Å²) in [7, 11) is 0.